The highest BCUT2D eigenvalue weighted by Gasteiger charge is 2.27. The van der Waals surface area contributed by atoms with Crippen LogP contribution < -0.4 is 9.62 Å². The number of benzene rings is 3. The number of carbonyl (C=O) groups is 2. The zero-order valence-electron chi connectivity index (χ0n) is 16.9. The number of rotatable bonds is 8. The molecule has 0 heterocycles. The molecule has 1 amide bonds. The maximum atomic E-state index is 13.2. The minimum absolute atomic E-state index is 0.0796. The number of nitrogens with one attached hydrogen (secondary N) is 1. The highest BCUT2D eigenvalue weighted by Crippen LogP contribution is 2.23. The first-order valence-corrected chi connectivity index (χ1v) is 11.1. The number of hydrogen-bond donors (Lipinski definition) is 1. The van der Waals surface area contributed by atoms with E-state index in [4.69, 9.17) is 4.74 Å². The lowest BCUT2D eigenvalue weighted by Gasteiger charge is -2.24. The van der Waals surface area contributed by atoms with Gasteiger partial charge in [-0.15, -0.1) is 0 Å². The number of sulfonamides is 1. The molecule has 1 N–H and O–H groups in total. The van der Waals surface area contributed by atoms with Crippen LogP contribution in [0.3, 0.4) is 0 Å². The second-order valence-corrected chi connectivity index (χ2v) is 8.37. The molecular formula is C23H22N2O5S. The summed E-state index contributed by atoms with van der Waals surface area (Å²) in [5.41, 5.74) is 1.01. The smallest absolute Gasteiger partial charge is 0.338 e. The van der Waals surface area contributed by atoms with Crippen molar-refractivity contribution < 1.29 is 22.7 Å². The number of hydrogen-bond acceptors (Lipinski definition) is 5. The SMILES string of the molecule is CCOC(=O)c1cccc(NC(=O)CN(c2ccccc2)S(=O)(=O)c2ccccc2)c1. The van der Waals surface area contributed by atoms with Crippen molar-refractivity contribution in [3.63, 3.8) is 0 Å². The lowest BCUT2D eigenvalue weighted by molar-refractivity contribution is -0.114. The molecule has 0 aromatic heterocycles. The monoisotopic (exact) mass is 438 g/mol. The number of amides is 1. The van der Waals surface area contributed by atoms with Gasteiger partial charge in [0.05, 0.1) is 22.8 Å². The molecular weight excluding hydrogens is 416 g/mol. The standard InChI is InChI=1S/C23H22N2O5S/c1-2-30-23(27)18-10-9-11-19(16-18)24-22(26)17-25(20-12-5-3-6-13-20)31(28,29)21-14-7-4-8-15-21/h3-16H,2,17H2,1H3,(H,24,26). The Hall–Kier alpha value is -3.65. The lowest BCUT2D eigenvalue weighted by atomic mass is 10.2. The number of carbonyl (C=O) groups excluding carboxylic acids is 2. The summed E-state index contributed by atoms with van der Waals surface area (Å²) in [7, 11) is -3.97. The predicted octanol–water partition coefficient (Wildman–Crippen LogP) is 3.70. The molecule has 160 valence electrons. The van der Waals surface area contributed by atoms with Gasteiger partial charge in [0.15, 0.2) is 0 Å². The number of anilines is 2. The van der Waals surface area contributed by atoms with Gasteiger partial charge in [-0.05, 0) is 49.4 Å². The molecule has 0 aliphatic carbocycles. The molecule has 0 radical (unpaired) electrons. The van der Waals surface area contributed by atoms with Gasteiger partial charge in [-0.2, -0.15) is 0 Å². The molecule has 3 aromatic rings. The molecule has 0 unspecified atom stereocenters. The fourth-order valence-corrected chi connectivity index (χ4v) is 4.34. The zero-order chi connectivity index (χ0) is 22.3. The number of nitrogens with zero attached hydrogens (tertiary/aromatic N) is 1. The van der Waals surface area contributed by atoms with E-state index >= 15 is 0 Å². The molecule has 31 heavy (non-hydrogen) atoms. The first kappa shape index (κ1) is 22.0. The Labute approximate surface area is 181 Å². The van der Waals surface area contributed by atoms with E-state index in [-0.39, 0.29) is 17.1 Å². The molecule has 3 rings (SSSR count). The average molecular weight is 439 g/mol. The van der Waals surface area contributed by atoms with Gasteiger partial charge in [0.2, 0.25) is 5.91 Å². The molecule has 0 aliphatic heterocycles. The van der Waals surface area contributed by atoms with Gasteiger partial charge in [-0.3, -0.25) is 9.10 Å². The van der Waals surface area contributed by atoms with Crippen LogP contribution >= 0.6 is 0 Å². The van der Waals surface area contributed by atoms with Crippen molar-refractivity contribution in [2.45, 2.75) is 11.8 Å². The van der Waals surface area contributed by atoms with Crippen LogP contribution in [0.15, 0.2) is 89.8 Å². The largest absolute Gasteiger partial charge is 0.462 e. The molecule has 0 saturated heterocycles. The van der Waals surface area contributed by atoms with Crippen molar-refractivity contribution in [2.24, 2.45) is 0 Å². The van der Waals surface area contributed by atoms with Gasteiger partial charge in [0.25, 0.3) is 10.0 Å². The van der Waals surface area contributed by atoms with Gasteiger partial charge < -0.3 is 10.1 Å². The predicted molar refractivity (Wildman–Crippen MR) is 118 cm³/mol. The van der Waals surface area contributed by atoms with Gasteiger partial charge >= 0.3 is 5.97 Å². The van der Waals surface area contributed by atoms with Crippen molar-refractivity contribution in [3.05, 3.63) is 90.5 Å². The number of para-hydroxylation sites is 1. The zero-order valence-corrected chi connectivity index (χ0v) is 17.7. The Morgan fingerprint density at radius 3 is 2.19 bits per heavy atom. The van der Waals surface area contributed by atoms with Gasteiger partial charge in [0.1, 0.15) is 6.54 Å². The topological polar surface area (TPSA) is 92.8 Å². The molecule has 0 aliphatic rings. The van der Waals surface area contributed by atoms with E-state index in [1.807, 2.05) is 0 Å². The molecule has 0 spiro atoms. The number of esters is 1. The summed E-state index contributed by atoms with van der Waals surface area (Å²) >= 11 is 0. The highest BCUT2D eigenvalue weighted by atomic mass is 32.2. The molecule has 0 atom stereocenters. The van der Waals surface area contributed by atoms with Crippen molar-refractivity contribution in [2.75, 3.05) is 22.8 Å². The maximum absolute atomic E-state index is 13.2. The molecule has 0 fully saturated rings. The van der Waals surface area contributed by atoms with E-state index in [1.165, 1.54) is 18.2 Å². The van der Waals surface area contributed by atoms with E-state index in [2.05, 4.69) is 5.32 Å². The van der Waals surface area contributed by atoms with Crippen LogP contribution in [0.2, 0.25) is 0 Å². The van der Waals surface area contributed by atoms with Crippen LogP contribution in [-0.2, 0) is 19.6 Å². The Morgan fingerprint density at radius 1 is 0.903 bits per heavy atom. The van der Waals surface area contributed by atoms with Crippen LogP contribution in [0.25, 0.3) is 0 Å². The summed E-state index contributed by atoms with van der Waals surface area (Å²) in [5, 5.41) is 2.65. The molecule has 0 bridgehead atoms. The average Bonchev–Trinajstić information content (AvgIpc) is 2.79. The van der Waals surface area contributed by atoms with Gasteiger partial charge in [-0.25, -0.2) is 13.2 Å². The molecule has 7 nitrogen and oxygen atoms in total. The van der Waals surface area contributed by atoms with Crippen molar-refractivity contribution in [3.8, 4) is 0 Å². The minimum atomic E-state index is -3.97. The van der Waals surface area contributed by atoms with Crippen molar-refractivity contribution in [1.29, 1.82) is 0 Å². The Balaban J connectivity index is 1.85. The fraction of sp³-hybridized carbons (Fsp3) is 0.130. The second-order valence-electron chi connectivity index (χ2n) is 6.51. The van der Waals surface area contributed by atoms with Gasteiger partial charge in [0, 0.05) is 5.69 Å². The summed E-state index contributed by atoms with van der Waals surface area (Å²) in [5.74, 6) is -1.06. The lowest BCUT2D eigenvalue weighted by Crippen LogP contribution is -2.38. The van der Waals surface area contributed by atoms with Crippen LogP contribution in [-0.4, -0.2) is 33.4 Å². The first-order valence-electron chi connectivity index (χ1n) is 9.61. The Morgan fingerprint density at radius 2 is 1.55 bits per heavy atom. The minimum Gasteiger partial charge on any atom is -0.462 e. The quantitative estimate of drug-likeness (QED) is 0.542. The molecule has 8 heteroatoms. The molecule has 0 saturated carbocycles. The van der Waals surface area contributed by atoms with Gasteiger partial charge in [-0.1, -0.05) is 42.5 Å². The van der Waals surface area contributed by atoms with E-state index in [0.717, 1.165) is 4.31 Å². The highest BCUT2D eigenvalue weighted by molar-refractivity contribution is 7.92. The molecule has 3 aromatic carbocycles. The van der Waals surface area contributed by atoms with Crippen LogP contribution in [0.1, 0.15) is 17.3 Å². The van der Waals surface area contributed by atoms with Crippen LogP contribution in [0, 0.1) is 0 Å². The summed E-state index contributed by atoms with van der Waals surface area (Å²) < 4.78 is 32.5. The summed E-state index contributed by atoms with van der Waals surface area (Å²) in [6.45, 7) is 1.50. The van der Waals surface area contributed by atoms with Crippen LogP contribution in [0.5, 0.6) is 0 Å². The van der Waals surface area contributed by atoms with Crippen molar-refractivity contribution >= 4 is 33.3 Å². The summed E-state index contributed by atoms with van der Waals surface area (Å²) in [4.78, 5) is 24.7. The maximum Gasteiger partial charge on any atom is 0.338 e. The Bertz CT molecular complexity index is 1150. The van der Waals surface area contributed by atoms with E-state index in [0.29, 0.717) is 11.4 Å². The van der Waals surface area contributed by atoms with E-state index in [1.54, 1.807) is 73.7 Å². The fourth-order valence-electron chi connectivity index (χ4n) is 2.90. The summed E-state index contributed by atoms with van der Waals surface area (Å²) in [6, 6.07) is 22.6. The third kappa shape index (κ3) is 5.49. The van der Waals surface area contributed by atoms with Crippen LogP contribution in [0.4, 0.5) is 11.4 Å². The normalized spacial score (nSPS) is 10.9. The third-order valence-corrected chi connectivity index (χ3v) is 6.11. The van der Waals surface area contributed by atoms with E-state index < -0.39 is 28.4 Å². The third-order valence-electron chi connectivity index (χ3n) is 4.32. The van der Waals surface area contributed by atoms with Crippen molar-refractivity contribution in [1.82, 2.24) is 0 Å². The Kier molecular flexibility index (Phi) is 7.04. The second kappa shape index (κ2) is 9.90. The number of ether oxygens (including phenoxy) is 1. The summed E-state index contributed by atoms with van der Waals surface area (Å²) in [6.07, 6.45) is 0. The van der Waals surface area contributed by atoms with E-state index in [9.17, 15) is 18.0 Å². The first-order chi connectivity index (χ1) is 14.9.